The van der Waals surface area contributed by atoms with E-state index >= 15 is 0 Å². The number of benzene rings is 2. The summed E-state index contributed by atoms with van der Waals surface area (Å²) in [5.74, 6) is 0. The van der Waals surface area contributed by atoms with Gasteiger partial charge in [0.2, 0.25) is 0 Å². The SMILES string of the molecule is NCc1cccc(-n2cnc3cnc4ccc(Cl)cc4c32)c1. The number of halogens is 1. The van der Waals surface area contributed by atoms with Gasteiger partial charge in [-0.3, -0.25) is 9.55 Å². The summed E-state index contributed by atoms with van der Waals surface area (Å²) in [4.78, 5) is 8.89. The van der Waals surface area contributed by atoms with Gasteiger partial charge in [0.05, 0.1) is 17.2 Å². The average Bonchev–Trinajstić information content (AvgIpc) is 2.99. The molecule has 0 atom stereocenters. The Morgan fingerprint density at radius 3 is 2.82 bits per heavy atom. The van der Waals surface area contributed by atoms with Gasteiger partial charge in [-0.05, 0) is 35.9 Å². The lowest BCUT2D eigenvalue weighted by molar-refractivity contribution is 1.04. The molecular formula is C17H13ClN4. The highest BCUT2D eigenvalue weighted by molar-refractivity contribution is 6.31. The maximum absolute atomic E-state index is 6.16. The standard InChI is InChI=1S/C17H13ClN4/c18-12-4-5-15-14(7-12)17-16(9-20-15)21-10-22(17)13-3-1-2-11(6-13)8-19/h1-7,9-10H,8,19H2. The molecule has 2 aromatic carbocycles. The molecule has 0 fully saturated rings. The molecular weight excluding hydrogens is 296 g/mol. The lowest BCUT2D eigenvalue weighted by atomic mass is 10.1. The van der Waals surface area contributed by atoms with Crippen molar-refractivity contribution in [2.45, 2.75) is 6.54 Å². The zero-order valence-corrected chi connectivity index (χ0v) is 12.5. The summed E-state index contributed by atoms with van der Waals surface area (Å²) in [6.45, 7) is 0.509. The first-order valence-electron chi connectivity index (χ1n) is 6.97. The second kappa shape index (κ2) is 5.09. The van der Waals surface area contributed by atoms with E-state index < -0.39 is 0 Å². The van der Waals surface area contributed by atoms with Gasteiger partial charge in [-0.1, -0.05) is 23.7 Å². The summed E-state index contributed by atoms with van der Waals surface area (Å²) in [5, 5.41) is 1.67. The van der Waals surface area contributed by atoms with E-state index in [0.717, 1.165) is 33.2 Å². The van der Waals surface area contributed by atoms with Gasteiger partial charge in [-0.25, -0.2) is 4.98 Å². The smallest absolute Gasteiger partial charge is 0.108 e. The first-order valence-corrected chi connectivity index (χ1v) is 7.35. The van der Waals surface area contributed by atoms with Crippen molar-refractivity contribution in [3.63, 3.8) is 0 Å². The van der Waals surface area contributed by atoms with E-state index in [0.29, 0.717) is 11.6 Å². The molecule has 0 unspecified atom stereocenters. The summed E-state index contributed by atoms with van der Waals surface area (Å²) < 4.78 is 2.05. The van der Waals surface area contributed by atoms with Gasteiger partial charge in [0.25, 0.3) is 0 Å². The van der Waals surface area contributed by atoms with Crippen molar-refractivity contribution in [3.05, 3.63) is 65.6 Å². The minimum absolute atomic E-state index is 0.509. The van der Waals surface area contributed by atoms with Gasteiger partial charge in [0.15, 0.2) is 0 Å². The number of hydrogen-bond donors (Lipinski definition) is 1. The summed E-state index contributed by atoms with van der Waals surface area (Å²) >= 11 is 6.16. The summed E-state index contributed by atoms with van der Waals surface area (Å²) in [6.07, 6.45) is 3.59. The van der Waals surface area contributed by atoms with Gasteiger partial charge in [0, 0.05) is 22.6 Å². The lowest BCUT2D eigenvalue weighted by Crippen LogP contribution is -1.99. The fourth-order valence-electron chi connectivity index (χ4n) is 2.69. The first kappa shape index (κ1) is 13.2. The fourth-order valence-corrected chi connectivity index (χ4v) is 2.87. The highest BCUT2D eigenvalue weighted by Gasteiger charge is 2.10. The van der Waals surface area contributed by atoms with Crippen molar-refractivity contribution < 1.29 is 0 Å². The Labute approximate surface area is 132 Å². The minimum atomic E-state index is 0.509. The van der Waals surface area contributed by atoms with Crippen LogP contribution < -0.4 is 5.73 Å². The third-order valence-corrected chi connectivity index (χ3v) is 3.99. The van der Waals surface area contributed by atoms with E-state index in [9.17, 15) is 0 Å². The molecule has 2 N–H and O–H groups in total. The highest BCUT2D eigenvalue weighted by atomic mass is 35.5. The van der Waals surface area contributed by atoms with E-state index in [2.05, 4.69) is 20.6 Å². The summed E-state index contributed by atoms with van der Waals surface area (Å²) in [7, 11) is 0. The lowest BCUT2D eigenvalue weighted by Gasteiger charge is -2.08. The molecule has 4 nitrogen and oxygen atoms in total. The van der Waals surface area contributed by atoms with Gasteiger partial charge >= 0.3 is 0 Å². The molecule has 0 amide bonds. The molecule has 4 rings (SSSR count). The number of pyridine rings is 1. The number of hydrogen-bond acceptors (Lipinski definition) is 3. The van der Waals surface area contributed by atoms with Crippen LogP contribution in [0.2, 0.25) is 5.02 Å². The number of imidazole rings is 1. The van der Waals surface area contributed by atoms with Crippen molar-refractivity contribution in [2.75, 3.05) is 0 Å². The minimum Gasteiger partial charge on any atom is -0.326 e. The predicted molar refractivity (Wildman–Crippen MR) is 89.3 cm³/mol. The molecule has 5 heteroatoms. The van der Waals surface area contributed by atoms with Gasteiger partial charge < -0.3 is 5.73 Å². The molecule has 108 valence electrons. The third kappa shape index (κ3) is 2.04. The van der Waals surface area contributed by atoms with Crippen LogP contribution in [-0.4, -0.2) is 14.5 Å². The van der Waals surface area contributed by atoms with Crippen LogP contribution in [0.4, 0.5) is 0 Å². The molecule has 0 aliphatic rings. The Balaban J connectivity index is 2.07. The van der Waals surface area contributed by atoms with E-state index in [1.807, 2.05) is 42.7 Å². The van der Waals surface area contributed by atoms with Gasteiger partial charge in [-0.2, -0.15) is 0 Å². The Kier molecular flexibility index (Phi) is 3.06. The Hall–Kier alpha value is -2.43. The van der Waals surface area contributed by atoms with Crippen molar-refractivity contribution in [1.29, 1.82) is 0 Å². The van der Waals surface area contributed by atoms with Crippen LogP contribution >= 0.6 is 11.6 Å². The van der Waals surface area contributed by atoms with E-state index in [-0.39, 0.29) is 0 Å². The van der Waals surface area contributed by atoms with Crippen LogP contribution in [0, 0.1) is 0 Å². The van der Waals surface area contributed by atoms with E-state index in [1.165, 1.54) is 0 Å². The molecule has 22 heavy (non-hydrogen) atoms. The molecule has 0 bridgehead atoms. The number of fused-ring (bicyclic) bond motifs is 3. The van der Waals surface area contributed by atoms with Crippen molar-refractivity contribution in [1.82, 2.24) is 14.5 Å². The number of aromatic nitrogens is 3. The quantitative estimate of drug-likeness (QED) is 0.614. The van der Waals surface area contributed by atoms with Crippen molar-refractivity contribution in [2.24, 2.45) is 5.73 Å². The maximum Gasteiger partial charge on any atom is 0.108 e. The molecule has 2 aromatic heterocycles. The largest absolute Gasteiger partial charge is 0.326 e. The van der Waals surface area contributed by atoms with Crippen LogP contribution in [0.3, 0.4) is 0 Å². The second-order valence-electron chi connectivity index (χ2n) is 5.14. The molecule has 4 aromatic rings. The molecule has 0 aliphatic carbocycles. The van der Waals surface area contributed by atoms with Crippen molar-refractivity contribution in [3.8, 4) is 5.69 Å². The maximum atomic E-state index is 6.16. The zero-order chi connectivity index (χ0) is 15.1. The fraction of sp³-hybridized carbons (Fsp3) is 0.0588. The topological polar surface area (TPSA) is 56.7 Å². The van der Waals surface area contributed by atoms with E-state index in [1.54, 1.807) is 6.20 Å². The van der Waals surface area contributed by atoms with Gasteiger partial charge in [-0.15, -0.1) is 0 Å². The van der Waals surface area contributed by atoms with Crippen LogP contribution in [0.5, 0.6) is 0 Å². The number of nitrogens with two attached hydrogens (primary N) is 1. The number of nitrogens with zero attached hydrogens (tertiary/aromatic N) is 3. The Bertz CT molecular complexity index is 990. The van der Waals surface area contributed by atoms with Crippen LogP contribution in [0.25, 0.3) is 27.6 Å². The molecule has 0 saturated carbocycles. The molecule has 0 radical (unpaired) electrons. The zero-order valence-electron chi connectivity index (χ0n) is 11.7. The predicted octanol–water partition coefficient (Wildman–Crippen LogP) is 3.69. The molecule has 0 aliphatic heterocycles. The monoisotopic (exact) mass is 308 g/mol. The molecule has 0 spiro atoms. The second-order valence-corrected chi connectivity index (χ2v) is 5.58. The molecule has 0 saturated heterocycles. The Morgan fingerprint density at radius 2 is 1.95 bits per heavy atom. The van der Waals surface area contributed by atoms with Crippen molar-refractivity contribution >= 4 is 33.5 Å². The summed E-state index contributed by atoms with van der Waals surface area (Å²) in [6, 6.07) is 13.8. The van der Waals surface area contributed by atoms with E-state index in [4.69, 9.17) is 17.3 Å². The third-order valence-electron chi connectivity index (χ3n) is 3.76. The normalized spacial score (nSPS) is 11.4. The van der Waals surface area contributed by atoms with Crippen LogP contribution in [0.1, 0.15) is 5.56 Å². The number of rotatable bonds is 2. The molecule has 2 heterocycles. The average molecular weight is 309 g/mol. The highest BCUT2D eigenvalue weighted by Crippen LogP contribution is 2.27. The summed E-state index contributed by atoms with van der Waals surface area (Å²) in [5.41, 5.74) is 10.6. The van der Waals surface area contributed by atoms with Crippen LogP contribution in [-0.2, 0) is 6.54 Å². The Morgan fingerprint density at radius 1 is 1.05 bits per heavy atom. The first-order chi connectivity index (χ1) is 10.8. The van der Waals surface area contributed by atoms with Crippen LogP contribution in [0.15, 0.2) is 55.0 Å². The van der Waals surface area contributed by atoms with Gasteiger partial charge in [0.1, 0.15) is 11.8 Å².